The number of aromatic amines is 1. The van der Waals surface area contributed by atoms with Crippen LogP contribution in [0.3, 0.4) is 0 Å². The van der Waals surface area contributed by atoms with Gasteiger partial charge in [0.2, 0.25) is 5.91 Å². The number of hydrogen-bond acceptors (Lipinski definition) is 5. The second kappa shape index (κ2) is 8.00. The van der Waals surface area contributed by atoms with Crippen LogP contribution in [-0.4, -0.2) is 63.2 Å². The van der Waals surface area contributed by atoms with Gasteiger partial charge in [-0.3, -0.25) is 24.5 Å². The lowest BCUT2D eigenvalue weighted by molar-refractivity contribution is -0.120. The number of aryl methyl sites for hydroxylation is 1. The molecule has 2 atom stereocenters. The van der Waals surface area contributed by atoms with Crippen LogP contribution in [-0.2, 0) is 24.4 Å². The molecule has 2 N–H and O–H groups in total. The molecule has 0 aromatic carbocycles. The highest BCUT2D eigenvalue weighted by atomic mass is 16.1. The van der Waals surface area contributed by atoms with Crippen molar-refractivity contribution >= 4 is 5.91 Å². The third-order valence-corrected chi connectivity index (χ3v) is 6.89. The van der Waals surface area contributed by atoms with Gasteiger partial charge in [-0.2, -0.15) is 5.10 Å². The normalized spacial score (nSPS) is 24.9. The van der Waals surface area contributed by atoms with Gasteiger partial charge in [0.25, 0.3) is 5.56 Å². The fourth-order valence-corrected chi connectivity index (χ4v) is 5.33. The number of H-pyrrole nitrogens is 1. The zero-order valence-electron chi connectivity index (χ0n) is 17.6. The van der Waals surface area contributed by atoms with Gasteiger partial charge in [0.05, 0.1) is 6.20 Å². The number of carbonyl (C=O) groups excluding carboxylic acids is 1. The third kappa shape index (κ3) is 3.81. The topological polar surface area (TPSA) is 86.3 Å². The number of carbonyl (C=O) groups is 1. The number of nitrogens with one attached hydrogen (secondary N) is 2. The van der Waals surface area contributed by atoms with Crippen LogP contribution in [0.25, 0.3) is 0 Å². The van der Waals surface area contributed by atoms with Crippen molar-refractivity contribution in [3.63, 3.8) is 0 Å². The number of rotatable bonds is 4. The van der Waals surface area contributed by atoms with E-state index in [1.165, 1.54) is 17.7 Å². The summed E-state index contributed by atoms with van der Waals surface area (Å²) in [5.41, 5.74) is 4.58. The highest BCUT2D eigenvalue weighted by Crippen LogP contribution is 2.35. The number of aromatic nitrogens is 3. The maximum Gasteiger partial charge on any atom is 0.255 e. The number of pyridine rings is 1. The first-order valence-corrected chi connectivity index (χ1v) is 11.0. The molecular formula is C22H30N6O2. The van der Waals surface area contributed by atoms with Crippen molar-refractivity contribution in [1.82, 2.24) is 29.9 Å². The van der Waals surface area contributed by atoms with Gasteiger partial charge in [0, 0.05) is 87.2 Å². The van der Waals surface area contributed by atoms with Crippen LogP contribution in [0.15, 0.2) is 23.1 Å². The Kier molecular flexibility index (Phi) is 5.20. The number of hydrogen-bond donors (Lipinski definition) is 2. The fraction of sp³-hybridized carbons (Fsp3) is 0.591. The van der Waals surface area contributed by atoms with Crippen LogP contribution in [0.5, 0.6) is 0 Å². The molecule has 0 aliphatic carbocycles. The molecule has 160 valence electrons. The predicted molar refractivity (Wildman–Crippen MR) is 113 cm³/mol. The maximum absolute atomic E-state index is 13.3. The molecular weight excluding hydrogens is 380 g/mol. The van der Waals surface area contributed by atoms with E-state index in [2.05, 4.69) is 38.3 Å². The highest BCUT2D eigenvalue weighted by molar-refractivity contribution is 5.76. The van der Waals surface area contributed by atoms with Crippen LogP contribution >= 0.6 is 0 Å². The van der Waals surface area contributed by atoms with Crippen LogP contribution in [0.4, 0.5) is 0 Å². The Morgan fingerprint density at radius 2 is 1.93 bits per heavy atom. The average molecular weight is 411 g/mol. The number of amides is 1. The third-order valence-electron chi connectivity index (χ3n) is 6.89. The largest absolute Gasteiger partial charge is 0.355 e. The first-order chi connectivity index (χ1) is 14.6. The standard InChI is InChI=1S/C22H30N6O2/c1-15-19(9-24-25-15)14-27-10-16-8-18(13-27)20-3-2-17(22(30)28(20)11-16)12-26-6-4-21(29)23-5-7-26/h2-3,9,16,18H,4-8,10-14H2,1H3,(H,23,29)(H,24,25)/t16-,18+/m0/s1. The second-order valence-electron chi connectivity index (χ2n) is 9.09. The monoisotopic (exact) mass is 410 g/mol. The molecule has 8 nitrogen and oxygen atoms in total. The molecule has 8 heteroatoms. The van der Waals surface area contributed by atoms with E-state index < -0.39 is 0 Å². The minimum Gasteiger partial charge on any atom is -0.355 e. The van der Waals surface area contributed by atoms with Gasteiger partial charge < -0.3 is 9.88 Å². The van der Waals surface area contributed by atoms with Crippen molar-refractivity contribution < 1.29 is 4.79 Å². The van der Waals surface area contributed by atoms with Crippen LogP contribution < -0.4 is 10.9 Å². The molecule has 0 saturated carbocycles. The Bertz CT molecular complexity index is 996. The van der Waals surface area contributed by atoms with Crippen molar-refractivity contribution in [2.45, 2.75) is 45.3 Å². The van der Waals surface area contributed by atoms with E-state index in [-0.39, 0.29) is 11.5 Å². The van der Waals surface area contributed by atoms with Gasteiger partial charge in [0.1, 0.15) is 0 Å². The molecule has 1 amide bonds. The molecule has 2 bridgehead atoms. The molecule has 2 aromatic heterocycles. The molecule has 3 aliphatic heterocycles. The number of piperidine rings is 1. The summed E-state index contributed by atoms with van der Waals surface area (Å²) in [4.78, 5) is 29.6. The Labute approximate surface area is 176 Å². The smallest absolute Gasteiger partial charge is 0.255 e. The lowest BCUT2D eigenvalue weighted by atomic mass is 9.83. The number of nitrogens with zero attached hydrogens (tertiary/aromatic N) is 4. The first-order valence-electron chi connectivity index (χ1n) is 11.0. The molecule has 0 spiro atoms. The summed E-state index contributed by atoms with van der Waals surface area (Å²) >= 11 is 0. The summed E-state index contributed by atoms with van der Waals surface area (Å²) in [6.45, 7) is 8.58. The van der Waals surface area contributed by atoms with Crippen molar-refractivity contribution in [3.8, 4) is 0 Å². The summed E-state index contributed by atoms with van der Waals surface area (Å²) in [6, 6.07) is 4.19. The van der Waals surface area contributed by atoms with E-state index in [1.54, 1.807) is 0 Å². The Morgan fingerprint density at radius 3 is 2.77 bits per heavy atom. The van der Waals surface area contributed by atoms with Crippen LogP contribution in [0, 0.1) is 12.8 Å². The van der Waals surface area contributed by atoms with E-state index in [9.17, 15) is 9.59 Å². The van der Waals surface area contributed by atoms with Gasteiger partial charge >= 0.3 is 0 Å². The van der Waals surface area contributed by atoms with E-state index in [1.807, 2.05) is 16.8 Å². The second-order valence-corrected chi connectivity index (χ2v) is 9.09. The zero-order chi connectivity index (χ0) is 20.7. The van der Waals surface area contributed by atoms with E-state index in [0.717, 1.165) is 44.0 Å². The lowest BCUT2D eigenvalue weighted by Crippen LogP contribution is -2.47. The molecule has 0 radical (unpaired) electrons. The molecule has 5 heterocycles. The molecule has 2 aromatic rings. The zero-order valence-corrected chi connectivity index (χ0v) is 17.6. The first kappa shape index (κ1) is 19.5. The Balaban J connectivity index is 1.33. The van der Waals surface area contributed by atoms with E-state index in [4.69, 9.17) is 0 Å². The quantitative estimate of drug-likeness (QED) is 0.780. The fourth-order valence-electron chi connectivity index (χ4n) is 5.33. The highest BCUT2D eigenvalue weighted by Gasteiger charge is 2.35. The minimum atomic E-state index is 0.0997. The maximum atomic E-state index is 13.3. The average Bonchev–Trinajstić information content (AvgIpc) is 3.00. The SMILES string of the molecule is Cc1[nH]ncc1CN1C[C@@H]2C[C@H](C1)c1ccc(CN3CCNC(=O)CC3)c(=O)n1C2. The molecule has 3 aliphatic rings. The van der Waals surface area contributed by atoms with Gasteiger partial charge in [-0.05, 0) is 25.3 Å². The lowest BCUT2D eigenvalue weighted by Gasteiger charge is -2.43. The minimum absolute atomic E-state index is 0.0997. The molecule has 2 fully saturated rings. The number of fused-ring (bicyclic) bond motifs is 4. The van der Waals surface area contributed by atoms with Crippen LogP contribution in [0.2, 0.25) is 0 Å². The Morgan fingerprint density at radius 1 is 1.07 bits per heavy atom. The van der Waals surface area contributed by atoms with E-state index >= 15 is 0 Å². The molecule has 0 unspecified atom stereocenters. The summed E-state index contributed by atoms with van der Waals surface area (Å²) in [6.07, 6.45) is 3.60. The van der Waals surface area contributed by atoms with Crippen molar-refractivity contribution in [2.24, 2.45) is 5.92 Å². The Hall–Kier alpha value is -2.45. The van der Waals surface area contributed by atoms with Crippen molar-refractivity contribution in [2.75, 3.05) is 32.7 Å². The van der Waals surface area contributed by atoms with Crippen molar-refractivity contribution in [3.05, 3.63) is 51.2 Å². The summed E-state index contributed by atoms with van der Waals surface area (Å²) in [7, 11) is 0. The summed E-state index contributed by atoms with van der Waals surface area (Å²) in [5.74, 6) is 1.02. The molecule has 2 saturated heterocycles. The van der Waals surface area contributed by atoms with Gasteiger partial charge in [-0.1, -0.05) is 6.07 Å². The summed E-state index contributed by atoms with van der Waals surface area (Å²) < 4.78 is 2.04. The van der Waals surface area contributed by atoms with Gasteiger partial charge in [-0.15, -0.1) is 0 Å². The van der Waals surface area contributed by atoms with Crippen LogP contribution in [0.1, 0.15) is 41.3 Å². The summed E-state index contributed by atoms with van der Waals surface area (Å²) in [5, 5.41) is 10.1. The van der Waals surface area contributed by atoms with Crippen molar-refractivity contribution in [1.29, 1.82) is 0 Å². The van der Waals surface area contributed by atoms with Gasteiger partial charge in [-0.25, -0.2) is 0 Å². The van der Waals surface area contributed by atoms with Gasteiger partial charge in [0.15, 0.2) is 0 Å². The predicted octanol–water partition coefficient (Wildman–Crippen LogP) is 0.821. The molecule has 5 rings (SSSR count). The molecule has 30 heavy (non-hydrogen) atoms. The number of likely N-dealkylation sites (tertiary alicyclic amines) is 1. The van der Waals surface area contributed by atoms with E-state index in [0.29, 0.717) is 37.9 Å².